The number of aromatic carboxylic acids is 1. The van der Waals surface area contributed by atoms with Gasteiger partial charge in [0.05, 0.1) is 16.7 Å². The van der Waals surface area contributed by atoms with Crippen molar-refractivity contribution in [3.8, 4) is 0 Å². The maximum atomic E-state index is 12.2. The highest BCUT2D eigenvalue weighted by atomic mass is 32.2. The van der Waals surface area contributed by atoms with Gasteiger partial charge in [-0.2, -0.15) is 0 Å². The predicted molar refractivity (Wildman–Crippen MR) is 68.6 cm³/mol. The molecule has 1 heterocycles. The van der Waals surface area contributed by atoms with E-state index in [0.717, 1.165) is 43.4 Å². The van der Waals surface area contributed by atoms with Crippen LogP contribution in [0.3, 0.4) is 0 Å². The van der Waals surface area contributed by atoms with Gasteiger partial charge >= 0.3 is 5.97 Å². The van der Waals surface area contributed by atoms with Crippen LogP contribution in [0.25, 0.3) is 0 Å². The molecule has 0 aromatic carbocycles. The predicted octanol–water partition coefficient (Wildman–Crippen LogP) is 2.09. The van der Waals surface area contributed by atoms with E-state index in [4.69, 9.17) is 5.11 Å². The van der Waals surface area contributed by atoms with Gasteiger partial charge in [0.25, 0.3) is 0 Å². The van der Waals surface area contributed by atoms with Gasteiger partial charge in [-0.15, -0.1) is 11.3 Å². The van der Waals surface area contributed by atoms with Crippen molar-refractivity contribution in [1.29, 1.82) is 0 Å². The van der Waals surface area contributed by atoms with Crippen molar-refractivity contribution in [2.75, 3.05) is 0 Å². The first-order chi connectivity index (χ1) is 8.49. The monoisotopic (exact) mass is 289 g/mol. The summed E-state index contributed by atoms with van der Waals surface area (Å²) in [6.45, 7) is 0. The molecule has 1 aromatic heterocycles. The average molecular weight is 289 g/mol. The number of hydrogen-bond donors (Lipinski definition) is 1. The van der Waals surface area contributed by atoms with E-state index in [-0.39, 0.29) is 16.0 Å². The van der Waals surface area contributed by atoms with Gasteiger partial charge in [0.15, 0.2) is 9.84 Å². The first-order valence-corrected chi connectivity index (χ1v) is 8.48. The topological polar surface area (TPSA) is 84.3 Å². The zero-order valence-corrected chi connectivity index (χ0v) is 11.5. The summed E-state index contributed by atoms with van der Waals surface area (Å²) >= 11 is 0.970. The second kappa shape index (κ2) is 5.36. The number of nitrogens with zero attached hydrogens (tertiary/aromatic N) is 1. The summed E-state index contributed by atoms with van der Waals surface area (Å²) in [5.41, 5.74) is 0.350. The maximum Gasteiger partial charge on any atom is 0.365 e. The number of carboxylic acid groups (broad SMARTS) is 1. The molecule has 0 saturated heterocycles. The Kier molecular flexibility index (Phi) is 4.01. The van der Waals surface area contributed by atoms with Crippen LogP contribution < -0.4 is 0 Å². The fraction of sp³-hybridized carbons (Fsp3) is 0.636. The molecule has 0 radical (unpaired) electrons. The summed E-state index contributed by atoms with van der Waals surface area (Å²) in [4.78, 5) is 14.5. The van der Waals surface area contributed by atoms with Crippen molar-refractivity contribution in [3.05, 3.63) is 16.1 Å². The number of rotatable bonds is 4. The Hall–Kier alpha value is -0.950. The smallest absolute Gasteiger partial charge is 0.365 e. The molecule has 0 aliphatic heterocycles. The Balaban J connectivity index is 2.08. The average Bonchev–Trinajstić information content (AvgIpc) is 2.78. The Morgan fingerprint density at radius 2 is 2.06 bits per heavy atom. The zero-order chi connectivity index (χ0) is 13.2. The van der Waals surface area contributed by atoms with E-state index in [0.29, 0.717) is 5.69 Å². The van der Waals surface area contributed by atoms with Crippen LogP contribution in [-0.2, 0) is 15.6 Å². The molecular formula is C11H15NO4S2. The summed E-state index contributed by atoms with van der Waals surface area (Å²) in [5, 5.41) is 9.93. The summed E-state index contributed by atoms with van der Waals surface area (Å²) in [5.74, 6) is -1.25. The molecule has 18 heavy (non-hydrogen) atoms. The first-order valence-electron chi connectivity index (χ1n) is 5.88. The molecule has 0 spiro atoms. The van der Waals surface area contributed by atoms with Crippen LogP contribution in [-0.4, -0.2) is 29.7 Å². The second-order valence-electron chi connectivity index (χ2n) is 4.52. The number of hydrogen-bond acceptors (Lipinski definition) is 5. The molecule has 1 aromatic rings. The van der Waals surface area contributed by atoms with E-state index in [2.05, 4.69) is 4.98 Å². The lowest BCUT2D eigenvalue weighted by Crippen LogP contribution is -2.25. The fourth-order valence-electron chi connectivity index (χ4n) is 2.22. The van der Waals surface area contributed by atoms with Gasteiger partial charge in [0.1, 0.15) is 0 Å². The van der Waals surface area contributed by atoms with Crippen molar-refractivity contribution in [2.24, 2.45) is 0 Å². The van der Waals surface area contributed by atoms with Gasteiger partial charge < -0.3 is 5.11 Å². The molecule has 0 bridgehead atoms. The molecule has 1 saturated carbocycles. The van der Waals surface area contributed by atoms with E-state index >= 15 is 0 Å². The zero-order valence-electron chi connectivity index (χ0n) is 9.83. The number of sulfone groups is 1. The normalized spacial score (nSPS) is 17.8. The Bertz CT molecular complexity index is 529. The molecule has 0 unspecified atom stereocenters. The molecule has 1 N–H and O–H groups in total. The van der Waals surface area contributed by atoms with Gasteiger partial charge in [0, 0.05) is 5.38 Å². The molecule has 1 fully saturated rings. The largest absolute Gasteiger partial charge is 0.476 e. The Morgan fingerprint density at radius 1 is 1.39 bits per heavy atom. The fourth-order valence-corrected chi connectivity index (χ4v) is 4.83. The van der Waals surface area contributed by atoms with Crippen molar-refractivity contribution >= 4 is 27.1 Å². The minimum atomic E-state index is -3.20. The highest BCUT2D eigenvalue weighted by molar-refractivity contribution is 7.91. The molecule has 1 aliphatic carbocycles. The standard InChI is InChI=1S/C11H15NO4S2/c13-11(14)10-12-8(6-17-10)7-18(15,16)9-4-2-1-3-5-9/h6,9H,1-5,7H2,(H,13,14). The van der Waals surface area contributed by atoms with Crippen molar-refractivity contribution in [3.63, 3.8) is 0 Å². The van der Waals surface area contributed by atoms with E-state index < -0.39 is 15.8 Å². The third-order valence-electron chi connectivity index (χ3n) is 3.14. The van der Waals surface area contributed by atoms with Crippen LogP contribution in [0.1, 0.15) is 47.6 Å². The van der Waals surface area contributed by atoms with Crippen LogP contribution in [0, 0.1) is 0 Å². The molecular weight excluding hydrogens is 274 g/mol. The van der Waals surface area contributed by atoms with Crippen LogP contribution in [0.4, 0.5) is 0 Å². The minimum absolute atomic E-state index is 0.0520. The van der Waals surface area contributed by atoms with Gasteiger partial charge in [-0.1, -0.05) is 19.3 Å². The molecule has 0 amide bonds. The molecule has 100 valence electrons. The van der Waals surface area contributed by atoms with Crippen molar-refractivity contribution < 1.29 is 18.3 Å². The SMILES string of the molecule is O=C(O)c1nc(CS(=O)(=O)C2CCCCC2)cs1. The van der Waals surface area contributed by atoms with E-state index in [1.54, 1.807) is 0 Å². The summed E-state index contributed by atoms with van der Waals surface area (Å²) in [7, 11) is -3.20. The third-order valence-corrected chi connectivity index (χ3v) is 6.21. The van der Waals surface area contributed by atoms with Crippen LogP contribution in [0.5, 0.6) is 0 Å². The third kappa shape index (κ3) is 3.08. The number of aromatic nitrogens is 1. The lowest BCUT2D eigenvalue weighted by Gasteiger charge is -2.21. The maximum absolute atomic E-state index is 12.2. The van der Waals surface area contributed by atoms with Crippen LogP contribution in [0.2, 0.25) is 0 Å². The van der Waals surface area contributed by atoms with Gasteiger partial charge in [-0.3, -0.25) is 0 Å². The first kappa shape index (κ1) is 13.5. The minimum Gasteiger partial charge on any atom is -0.476 e. The lowest BCUT2D eigenvalue weighted by molar-refractivity contribution is 0.0696. The summed E-state index contributed by atoms with van der Waals surface area (Å²) in [6, 6.07) is 0. The highest BCUT2D eigenvalue weighted by Crippen LogP contribution is 2.26. The van der Waals surface area contributed by atoms with E-state index in [9.17, 15) is 13.2 Å². The Labute approximate surface area is 110 Å². The van der Waals surface area contributed by atoms with E-state index in [1.807, 2.05) is 0 Å². The quantitative estimate of drug-likeness (QED) is 0.917. The number of carbonyl (C=O) groups is 1. The number of carboxylic acids is 1. The van der Waals surface area contributed by atoms with Crippen molar-refractivity contribution in [2.45, 2.75) is 43.1 Å². The second-order valence-corrected chi connectivity index (χ2v) is 7.66. The van der Waals surface area contributed by atoms with E-state index in [1.165, 1.54) is 5.38 Å². The highest BCUT2D eigenvalue weighted by Gasteiger charge is 2.28. The van der Waals surface area contributed by atoms with Crippen molar-refractivity contribution in [1.82, 2.24) is 4.98 Å². The molecule has 1 aliphatic rings. The van der Waals surface area contributed by atoms with Crippen LogP contribution >= 0.6 is 11.3 Å². The molecule has 7 heteroatoms. The molecule has 5 nitrogen and oxygen atoms in total. The lowest BCUT2D eigenvalue weighted by atomic mass is 10.0. The van der Waals surface area contributed by atoms with Gasteiger partial charge in [-0.25, -0.2) is 18.2 Å². The molecule has 0 atom stereocenters. The van der Waals surface area contributed by atoms with Gasteiger partial charge in [-0.05, 0) is 12.8 Å². The summed E-state index contributed by atoms with van der Waals surface area (Å²) in [6.07, 6.45) is 4.46. The Morgan fingerprint density at radius 3 is 2.61 bits per heavy atom. The number of thiazole rings is 1. The summed E-state index contributed by atoms with van der Waals surface area (Å²) < 4.78 is 24.3. The van der Waals surface area contributed by atoms with Crippen LogP contribution in [0.15, 0.2) is 5.38 Å². The molecule has 2 rings (SSSR count). The van der Waals surface area contributed by atoms with Gasteiger partial charge in [0.2, 0.25) is 5.01 Å².